The molecule has 1 aliphatic heterocycles. The van der Waals surface area contributed by atoms with Gasteiger partial charge in [0.2, 0.25) is 0 Å². The van der Waals surface area contributed by atoms with Crippen molar-refractivity contribution in [2.45, 2.75) is 18.9 Å². The number of nitrogens with zero attached hydrogens (tertiary/aromatic N) is 3. The lowest BCUT2D eigenvalue weighted by molar-refractivity contribution is 0.583. The summed E-state index contributed by atoms with van der Waals surface area (Å²) in [4.78, 5) is 10.3. The van der Waals surface area contributed by atoms with E-state index in [1.165, 1.54) is 30.7 Å². The average Bonchev–Trinajstić information content (AvgIpc) is 2.29. The summed E-state index contributed by atoms with van der Waals surface area (Å²) >= 11 is 7.87. The van der Waals surface area contributed by atoms with E-state index in [2.05, 4.69) is 21.9 Å². The van der Waals surface area contributed by atoms with Gasteiger partial charge in [-0.15, -0.1) is 0 Å². The summed E-state index contributed by atoms with van der Waals surface area (Å²) in [6, 6.07) is 2.42. The molecule has 5 heteroatoms. The second-order valence-corrected chi connectivity index (χ2v) is 5.27. The van der Waals surface area contributed by atoms with Gasteiger partial charge in [-0.1, -0.05) is 11.6 Å². The van der Waals surface area contributed by atoms with Gasteiger partial charge < -0.3 is 4.90 Å². The number of rotatable bonds is 2. The monoisotopic (exact) mass is 243 g/mol. The predicted molar refractivity (Wildman–Crippen MR) is 65.8 cm³/mol. The van der Waals surface area contributed by atoms with Crippen molar-refractivity contribution in [1.29, 1.82) is 0 Å². The van der Waals surface area contributed by atoms with Crippen LogP contribution in [0.4, 0.5) is 5.82 Å². The third-order valence-electron chi connectivity index (χ3n) is 2.72. The Morgan fingerprint density at radius 2 is 2.13 bits per heavy atom. The normalized spacial score (nSPS) is 17.7. The van der Waals surface area contributed by atoms with Gasteiger partial charge in [0.1, 0.15) is 17.3 Å². The molecule has 0 aliphatic carbocycles. The second-order valence-electron chi connectivity index (χ2n) is 3.65. The van der Waals surface area contributed by atoms with E-state index in [-0.39, 0.29) is 0 Å². The minimum atomic E-state index is 0.511. The van der Waals surface area contributed by atoms with E-state index in [4.69, 9.17) is 11.6 Å². The summed E-state index contributed by atoms with van der Waals surface area (Å²) < 4.78 is 0. The third kappa shape index (κ3) is 2.75. The number of halogens is 1. The maximum Gasteiger partial charge on any atom is 0.134 e. The first-order chi connectivity index (χ1) is 7.27. The average molecular weight is 244 g/mol. The maximum atomic E-state index is 5.85. The van der Waals surface area contributed by atoms with Gasteiger partial charge in [0, 0.05) is 19.2 Å². The molecular formula is C10H14ClN3S. The first kappa shape index (κ1) is 11.0. The van der Waals surface area contributed by atoms with E-state index in [1.807, 2.05) is 17.8 Å². The van der Waals surface area contributed by atoms with Gasteiger partial charge in [-0.25, -0.2) is 9.97 Å². The Hall–Kier alpha value is -0.480. The zero-order chi connectivity index (χ0) is 10.7. The van der Waals surface area contributed by atoms with Gasteiger partial charge in [-0.3, -0.25) is 0 Å². The van der Waals surface area contributed by atoms with Crippen LogP contribution in [-0.2, 0) is 0 Å². The molecule has 2 rings (SSSR count). The van der Waals surface area contributed by atoms with Gasteiger partial charge >= 0.3 is 0 Å². The number of aromatic nitrogens is 2. The highest BCUT2D eigenvalue weighted by atomic mass is 35.5. The van der Waals surface area contributed by atoms with Crippen LogP contribution in [-0.4, -0.2) is 34.6 Å². The van der Waals surface area contributed by atoms with Crippen LogP contribution in [0.5, 0.6) is 0 Å². The largest absolute Gasteiger partial charge is 0.356 e. The van der Waals surface area contributed by atoms with Crippen molar-refractivity contribution in [3.63, 3.8) is 0 Å². The lowest BCUT2D eigenvalue weighted by Gasteiger charge is -2.31. The zero-order valence-electron chi connectivity index (χ0n) is 8.69. The molecule has 0 saturated carbocycles. The maximum absolute atomic E-state index is 5.85. The second kappa shape index (κ2) is 5.03. The van der Waals surface area contributed by atoms with Crippen molar-refractivity contribution in [2.24, 2.45) is 0 Å². The molecule has 2 heterocycles. The van der Waals surface area contributed by atoms with Crippen molar-refractivity contribution in [3.05, 3.63) is 17.5 Å². The van der Waals surface area contributed by atoms with Gasteiger partial charge in [0.05, 0.1) is 0 Å². The standard InChI is InChI=1S/C10H14ClN3S/c1-14(8-2-4-15-5-3-8)10-6-9(11)12-7-13-10/h6-8H,2-5H2,1H3. The van der Waals surface area contributed by atoms with Crippen LogP contribution in [0, 0.1) is 0 Å². The van der Waals surface area contributed by atoms with Crippen molar-refractivity contribution in [1.82, 2.24) is 9.97 Å². The highest BCUT2D eigenvalue weighted by molar-refractivity contribution is 7.99. The van der Waals surface area contributed by atoms with Crippen LogP contribution in [0.1, 0.15) is 12.8 Å². The molecule has 0 amide bonds. The summed E-state index contributed by atoms with van der Waals surface area (Å²) in [6.45, 7) is 0. The van der Waals surface area contributed by atoms with E-state index in [9.17, 15) is 0 Å². The van der Waals surface area contributed by atoms with Crippen LogP contribution in [0.25, 0.3) is 0 Å². The Morgan fingerprint density at radius 3 is 2.80 bits per heavy atom. The molecule has 15 heavy (non-hydrogen) atoms. The zero-order valence-corrected chi connectivity index (χ0v) is 10.3. The van der Waals surface area contributed by atoms with E-state index >= 15 is 0 Å². The predicted octanol–water partition coefficient (Wildman–Crippen LogP) is 2.46. The van der Waals surface area contributed by atoms with E-state index < -0.39 is 0 Å². The number of hydrogen-bond acceptors (Lipinski definition) is 4. The molecule has 0 spiro atoms. The van der Waals surface area contributed by atoms with Gasteiger partial charge in [-0.05, 0) is 24.3 Å². The van der Waals surface area contributed by atoms with Crippen LogP contribution in [0.3, 0.4) is 0 Å². The minimum Gasteiger partial charge on any atom is -0.356 e. The van der Waals surface area contributed by atoms with Gasteiger partial charge in [0.15, 0.2) is 0 Å². The molecule has 0 aromatic carbocycles. The molecular weight excluding hydrogens is 230 g/mol. The van der Waals surface area contributed by atoms with E-state index in [1.54, 1.807) is 0 Å². The lowest BCUT2D eigenvalue weighted by atomic mass is 10.1. The molecule has 1 aromatic heterocycles. The fourth-order valence-corrected chi connectivity index (χ4v) is 3.00. The summed E-state index contributed by atoms with van der Waals surface area (Å²) in [5, 5.41) is 0.511. The Labute approximate surface area is 99.2 Å². The number of anilines is 1. The van der Waals surface area contributed by atoms with Gasteiger partial charge in [0.25, 0.3) is 0 Å². The fraction of sp³-hybridized carbons (Fsp3) is 0.600. The minimum absolute atomic E-state index is 0.511. The fourth-order valence-electron chi connectivity index (χ4n) is 1.78. The number of thioether (sulfide) groups is 1. The van der Waals surface area contributed by atoms with Crippen LogP contribution < -0.4 is 4.90 Å². The third-order valence-corrected chi connectivity index (χ3v) is 3.97. The highest BCUT2D eigenvalue weighted by Crippen LogP contribution is 2.24. The molecule has 1 aliphatic rings. The van der Waals surface area contributed by atoms with Crippen LogP contribution >= 0.6 is 23.4 Å². The lowest BCUT2D eigenvalue weighted by Crippen LogP contribution is -2.35. The topological polar surface area (TPSA) is 29.0 Å². The van der Waals surface area contributed by atoms with Crippen LogP contribution in [0.2, 0.25) is 5.15 Å². The summed E-state index contributed by atoms with van der Waals surface area (Å²) in [6.07, 6.45) is 3.97. The van der Waals surface area contributed by atoms with Crippen LogP contribution in [0.15, 0.2) is 12.4 Å². The first-order valence-electron chi connectivity index (χ1n) is 5.05. The number of hydrogen-bond donors (Lipinski definition) is 0. The smallest absolute Gasteiger partial charge is 0.134 e. The first-order valence-corrected chi connectivity index (χ1v) is 6.59. The molecule has 0 radical (unpaired) electrons. The van der Waals surface area contributed by atoms with Gasteiger partial charge in [-0.2, -0.15) is 11.8 Å². The molecule has 0 unspecified atom stereocenters. The summed E-state index contributed by atoms with van der Waals surface area (Å²) in [5.74, 6) is 3.41. The Bertz CT molecular complexity index is 328. The molecule has 1 saturated heterocycles. The highest BCUT2D eigenvalue weighted by Gasteiger charge is 2.19. The quantitative estimate of drug-likeness (QED) is 0.747. The molecule has 0 atom stereocenters. The Morgan fingerprint density at radius 1 is 1.40 bits per heavy atom. The van der Waals surface area contributed by atoms with Crippen molar-refractivity contribution in [3.8, 4) is 0 Å². The van der Waals surface area contributed by atoms with Crippen molar-refractivity contribution in [2.75, 3.05) is 23.5 Å². The van der Waals surface area contributed by atoms with E-state index in [0.29, 0.717) is 11.2 Å². The van der Waals surface area contributed by atoms with Crippen molar-refractivity contribution < 1.29 is 0 Å². The van der Waals surface area contributed by atoms with Crippen molar-refractivity contribution >= 4 is 29.2 Å². The Balaban J connectivity index is 2.08. The summed E-state index contributed by atoms with van der Waals surface area (Å²) in [5.41, 5.74) is 0. The SMILES string of the molecule is CN(c1cc(Cl)ncn1)C1CCSCC1. The molecule has 0 bridgehead atoms. The molecule has 0 N–H and O–H groups in total. The molecule has 1 aromatic rings. The Kier molecular flexibility index (Phi) is 3.70. The van der Waals surface area contributed by atoms with E-state index in [0.717, 1.165) is 5.82 Å². The molecule has 3 nitrogen and oxygen atoms in total. The molecule has 1 fully saturated rings. The molecule has 82 valence electrons. The summed E-state index contributed by atoms with van der Waals surface area (Å²) in [7, 11) is 2.08.